The van der Waals surface area contributed by atoms with Gasteiger partial charge in [-0.05, 0) is 26.7 Å². The second kappa shape index (κ2) is 5.30. The van der Waals surface area contributed by atoms with Gasteiger partial charge in [0.1, 0.15) is 5.41 Å². The lowest BCUT2D eigenvalue weighted by molar-refractivity contribution is -0.156. The maximum Gasteiger partial charge on any atom is 0.320 e. The van der Waals surface area contributed by atoms with Gasteiger partial charge < -0.3 is 14.8 Å². The van der Waals surface area contributed by atoms with Crippen LogP contribution in [0.4, 0.5) is 0 Å². The van der Waals surface area contributed by atoms with Crippen molar-refractivity contribution in [3.05, 3.63) is 0 Å². The van der Waals surface area contributed by atoms with Gasteiger partial charge in [0.05, 0.1) is 7.11 Å². The summed E-state index contributed by atoms with van der Waals surface area (Å²) in [6.07, 6.45) is 1.59. The van der Waals surface area contributed by atoms with E-state index in [9.17, 15) is 9.59 Å². The fourth-order valence-corrected chi connectivity index (χ4v) is 1.56. The molecule has 5 heteroatoms. The first-order chi connectivity index (χ1) is 7.48. The van der Waals surface area contributed by atoms with Gasteiger partial charge in [-0.15, -0.1) is 0 Å². The zero-order valence-electron chi connectivity index (χ0n) is 10.0. The monoisotopic (exact) mass is 229 g/mol. The first kappa shape index (κ1) is 13.0. The van der Waals surface area contributed by atoms with Crippen LogP contribution in [0.1, 0.15) is 26.7 Å². The van der Waals surface area contributed by atoms with Crippen LogP contribution in [0.25, 0.3) is 0 Å². The Balaban J connectivity index is 2.53. The number of rotatable bonds is 3. The molecule has 0 atom stereocenters. The molecule has 1 aliphatic rings. The molecule has 0 aromatic heterocycles. The van der Waals surface area contributed by atoms with Crippen molar-refractivity contribution in [2.45, 2.75) is 32.7 Å². The Morgan fingerprint density at radius 1 is 1.31 bits per heavy atom. The summed E-state index contributed by atoms with van der Waals surface area (Å²) in [4.78, 5) is 23.3. The molecule has 1 rings (SSSR count). The van der Waals surface area contributed by atoms with Crippen LogP contribution in [0, 0.1) is 5.41 Å². The Labute approximate surface area is 95.5 Å². The van der Waals surface area contributed by atoms with Crippen LogP contribution >= 0.6 is 0 Å². The van der Waals surface area contributed by atoms with Crippen molar-refractivity contribution in [1.82, 2.24) is 5.32 Å². The summed E-state index contributed by atoms with van der Waals surface area (Å²) in [5, 5.41) is 2.85. The van der Waals surface area contributed by atoms with E-state index in [-0.39, 0.29) is 11.9 Å². The van der Waals surface area contributed by atoms with Crippen LogP contribution in [-0.2, 0) is 19.1 Å². The molecule has 1 amide bonds. The van der Waals surface area contributed by atoms with Gasteiger partial charge in [0.15, 0.2) is 0 Å². The van der Waals surface area contributed by atoms with Crippen molar-refractivity contribution >= 4 is 11.9 Å². The van der Waals surface area contributed by atoms with Crippen LogP contribution in [0.15, 0.2) is 0 Å². The molecule has 1 fully saturated rings. The highest BCUT2D eigenvalue weighted by Gasteiger charge is 2.38. The third-order valence-corrected chi connectivity index (χ3v) is 2.82. The Hall–Kier alpha value is -1.10. The maximum atomic E-state index is 11.9. The summed E-state index contributed by atoms with van der Waals surface area (Å²) in [5.74, 6) is -0.802. The largest absolute Gasteiger partial charge is 0.468 e. The molecule has 0 saturated carbocycles. The average molecular weight is 229 g/mol. The number of nitrogens with one attached hydrogen (secondary N) is 1. The van der Waals surface area contributed by atoms with Crippen LogP contribution in [0.5, 0.6) is 0 Å². The van der Waals surface area contributed by atoms with E-state index in [0.29, 0.717) is 13.2 Å². The normalized spacial score (nSPS) is 17.9. The predicted molar refractivity (Wildman–Crippen MR) is 57.8 cm³/mol. The predicted octanol–water partition coefficient (Wildman–Crippen LogP) is 0.481. The van der Waals surface area contributed by atoms with Crippen LogP contribution in [0.3, 0.4) is 0 Å². The van der Waals surface area contributed by atoms with Crippen LogP contribution in [0.2, 0.25) is 0 Å². The average Bonchev–Trinajstić information content (AvgIpc) is 2.29. The fraction of sp³-hybridized carbons (Fsp3) is 0.818. The number of carbonyl (C=O) groups excluding carboxylic acids is 2. The lowest BCUT2D eigenvalue weighted by Crippen LogP contribution is -2.48. The van der Waals surface area contributed by atoms with Gasteiger partial charge in [-0.3, -0.25) is 9.59 Å². The highest BCUT2D eigenvalue weighted by molar-refractivity contribution is 6.01. The van der Waals surface area contributed by atoms with Gasteiger partial charge in [0.2, 0.25) is 5.91 Å². The highest BCUT2D eigenvalue weighted by atomic mass is 16.5. The minimum Gasteiger partial charge on any atom is -0.468 e. The van der Waals surface area contributed by atoms with E-state index in [1.165, 1.54) is 7.11 Å². The number of amides is 1. The maximum absolute atomic E-state index is 11.9. The third-order valence-electron chi connectivity index (χ3n) is 2.82. The Kier molecular flexibility index (Phi) is 4.29. The zero-order chi connectivity index (χ0) is 12.2. The quantitative estimate of drug-likeness (QED) is 0.564. The van der Waals surface area contributed by atoms with Gasteiger partial charge in [0, 0.05) is 19.3 Å². The molecule has 0 radical (unpaired) electrons. The van der Waals surface area contributed by atoms with Gasteiger partial charge in [-0.2, -0.15) is 0 Å². The minimum absolute atomic E-state index is 0.102. The van der Waals surface area contributed by atoms with Crippen molar-refractivity contribution in [3.8, 4) is 0 Å². The van der Waals surface area contributed by atoms with Gasteiger partial charge in [0.25, 0.3) is 0 Å². The second-order valence-corrected chi connectivity index (χ2v) is 4.48. The van der Waals surface area contributed by atoms with E-state index in [0.717, 1.165) is 12.8 Å². The molecular formula is C11H19NO4. The molecule has 0 aromatic rings. The standard InChI is InChI=1S/C11H19NO4/c1-11(2,10(14)15-3)9(13)12-8-4-6-16-7-5-8/h8H,4-7H2,1-3H3,(H,12,13). The molecule has 16 heavy (non-hydrogen) atoms. The van der Waals surface area contributed by atoms with Crippen molar-refractivity contribution in [1.29, 1.82) is 0 Å². The van der Waals surface area contributed by atoms with E-state index >= 15 is 0 Å². The zero-order valence-corrected chi connectivity index (χ0v) is 10.0. The Bertz CT molecular complexity index is 269. The molecule has 0 unspecified atom stereocenters. The molecule has 0 bridgehead atoms. The molecule has 0 aromatic carbocycles. The lowest BCUT2D eigenvalue weighted by atomic mass is 9.91. The number of carbonyl (C=O) groups is 2. The van der Waals surface area contributed by atoms with Gasteiger partial charge in [-0.1, -0.05) is 0 Å². The molecular weight excluding hydrogens is 210 g/mol. The van der Waals surface area contributed by atoms with E-state index in [2.05, 4.69) is 10.1 Å². The number of methoxy groups -OCH3 is 1. The van der Waals surface area contributed by atoms with Crippen LogP contribution in [-0.4, -0.2) is 38.2 Å². The lowest BCUT2D eigenvalue weighted by Gasteiger charge is -2.27. The second-order valence-electron chi connectivity index (χ2n) is 4.48. The number of esters is 1. The SMILES string of the molecule is COC(=O)C(C)(C)C(=O)NC1CCOCC1. The summed E-state index contributed by atoms with van der Waals surface area (Å²) < 4.78 is 9.79. The van der Waals surface area contributed by atoms with Crippen molar-refractivity contribution in [2.75, 3.05) is 20.3 Å². The number of hydrogen-bond acceptors (Lipinski definition) is 4. The van der Waals surface area contributed by atoms with E-state index in [1.54, 1.807) is 13.8 Å². The third kappa shape index (κ3) is 2.95. The fourth-order valence-electron chi connectivity index (χ4n) is 1.56. The molecule has 0 spiro atoms. The minimum atomic E-state index is -1.13. The van der Waals surface area contributed by atoms with Crippen LogP contribution < -0.4 is 5.32 Å². The first-order valence-electron chi connectivity index (χ1n) is 5.45. The van der Waals surface area contributed by atoms with Crippen molar-refractivity contribution in [3.63, 3.8) is 0 Å². The molecule has 92 valence electrons. The Morgan fingerprint density at radius 2 is 1.88 bits per heavy atom. The van der Waals surface area contributed by atoms with E-state index in [4.69, 9.17) is 4.74 Å². The summed E-state index contributed by atoms with van der Waals surface area (Å²) in [5.41, 5.74) is -1.13. The summed E-state index contributed by atoms with van der Waals surface area (Å²) in [7, 11) is 1.28. The van der Waals surface area contributed by atoms with Crippen molar-refractivity contribution < 1.29 is 19.1 Å². The van der Waals surface area contributed by atoms with E-state index < -0.39 is 11.4 Å². The smallest absolute Gasteiger partial charge is 0.320 e. The molecule has 1 N–H and O–H groups in total. The first-order valence-corrected chi connectivity index (χ1v) is 5.45. The van der Waals surface area contributed by atoms with Gasteiger partial charge in [-0.25, -0.2) is 0 Å². The van der Waals surface area contributed by atoms with Gasteiger partial charge >= 0.3 is 5.97 Å². The summed E-state index contributed by atoms with van der Waals surface area (Å²) in [6.45, 7) is 4.44. The van der Waals surface area contributed by atoms with Crippen molar-refractivity contribution in [2.24, 2.45) is 5.41 Å². The van der Waals surface area contributed by atoms with E-state index in [1.807, 2.05) is 0 Å². The molecule has 1 heterocycles. The summed E-state index contributed by atoms with van der Waals surface area (Å²) >= 11 is 0. The molecule has 5 nitrogen and oxygen atoms in total. The summed E-state index contributed by atoms with van der Waals surface area (Å²) in [6, 6.07) is 0.102. The number of ether oxygens (including phenoxy) is 2. The number of hydrogen-bond donors (Lipinski definition) is 1. The highest BCUT2D eigenvalue weighted by Crippen LogP contribution is 2.18. The molecule has 1 saturated heterocycles. The molecule has 1 aliphatic heterocycles. The molecule has 0 aliphatic carbocycles. The topological polar surface area (TPSA) is 64.6 Å². The Morgan fingerprint density at radius 3 is 2.38 bits per heavy atom.